The van der Waals surface area contributed by atoms with Gasteiger partial charge in [-0.1, -0.05) is 23.7 Å². The van der Waals surface area contributed by atoms with Crippen molar-refractivity contribution in [3.05, 3.63) is 64.2 Å². The van der Waals surface area contributed by atoms with Gasteiger partial charge in [0.05, 0.1) is 16.0 Å². The molecule has 1 aliphatic rings. The van der Waals surface area contributed by atoms with E-state index in [1.165, 1.54) is 24.5 Å². The summed E-state index contributed by atoms with van der Waals surface area (Å²) in [5, 5.41) is 2.48. The number of hydrogen-bond acceptors (Lipinski definition) is 4. The van der Waals surface area contributed by atoms with E-state index >= 15 is 0 Å². The molecule has 3 rings (SSSR count). The maximum atomic E-state index is 14.4. The van der Waals surface area contributed by atoms with Crippen molar-refractivity contribution in [2.45, 2.75) is 43.8 Å². The quantitative estimate of drug-likeness (QED) is 0.468. The number of alkyl halides is 3. The number of carbonyl (C=O) groups excluding carboxylic acids is 2. The summed E-state index contributed by atoms with van der Waals surface area (Å²) in [5.74, 6) is -3.43. The first-order chi connectivity index (χ1) is 16.4. The van der Waals surface area contributed by atoms with Crippen molar-refractivity contribution in [3.8, 4) is 0 Å². The van der Waals surface area contributed by atoms with Crippen molar-refractivity contribution in [1.29, 1.82) is 0 Å². The molecule has 0 radical (unpaired) electrons. The Kier molecular flexibility index (Phi) is 8.06. The lowest BCUT2D eigenvalue weighted by Crippen LogP contribution is -2.43. The van der Waals surface area contributed by atoms with Crippen LogP contribution in [-0.2, 0) is 11.2 Å². The minimum Gasteiger partial charge on any atom is -0.366 e. The molecule has 0 aliphatic heterocycles. The fourth-order valence-electron chi connectivity index (χ4n) is 4.30. The first kappa shape index (κ1) is 26.9. The number of hydrogen-bond donors (Lipinski definition) is 2. The van der Waals surface area contributed by atoms with Gasteiger partial charge in [0.25, 0.3) is 5.91 Å². The lowest BCUT2D eigenvalue weighted by Gasteiger charge is -2.30. The molecule has 0 spiro atoms. The first-order valence-electron chi connectivity index (χ1n) is 11.0. The summed E-state index contributed by atoms with van der Waals surface area (Å²) in [5.41, 5.74) is 3.67. The lowest BCUT2D eigenvalue weighted by atomic mass is 9.80. The van der Waals surface area contributed by atoms with Crippen molar-refractivity contribution in [3.63, 3.8) is 0 Å². The van der Waals surface area contributed by atoms with Crippen molar-refractivity contribution in [2.75, 3.05) is 20.6 Å². The SMILES string of the molecule is CN(C)[C@H](CNC(=O)C[C@H](c1cccnc1)C1(C(F)(F)F)CC1)Cc1ccc(C(N)=O)c(F)c1Cl. The molecular weight excluding hydrogens is 488 g/mol. The number of likely N-dealkylation sites (N-methyl/N-ethyl adjacent to an activating group) is 1. The molecule has 0 unspecified atom stereocenters. The smallest absolute Gasteiger partial charge is 0.366 e. The fraction of sp³-hybridized carbons (Fsp3) is 0.458. The maximum Gasteiger partial charge on any atom is 0.395 e. The van der Waals surface area contributed by atoms with Gasteiger partial charge < -0.3 is 16.0 Å². The normalized spacial score (nSPS) is 16.6. The Hall–Kier alpha value is -2.72. The summed E-state index contributed by atoms with van der Waals surface area (Å²) in [7, 11) is 3.50. The standard InChI is InChI=1S/C24H27ClF4N4O2/c1-33(2)16(10-14-5-6-17(22(30)35)21(26)20(14)25)13-32-19(34)11-18(15-4-3-9-31-12-15)23(7-8-23)24(27,28)29/h3-6,9,12,16,18H,7-8,10-11,13H2,1-2H3,(H2,30,35)(H,32,34)/t16-,18+/m0/s1. The van der Waals surface area contributed by atoms with Crippen molar-refractivity contribution < 1.29 is 27.2 Å². The van der Waals surface area contributed by atoms with Gasteiger partial charge in [-0.15, -0.1) is 0 Å². The average molecular weight is 515 g/mol. The maximum absolute atomic E-state index is 14.4. The number of rotatable bonds is 10. The third-order valence-electron chi connectivity index (χ3n) is 6.64. The highest BCUT2D eigenvalue weighted by Gasteiger charge is 2.67. The molecule has 1 fully saturated rings. The molecule has 1 heterocycles. The van der Waals surface area contributed by atoms with Crippen LogP contribution >= 0.6 is 11.6 Å². The first-order valence-corrected chi connectivity index (χ1v) is 11.4. The third kappa shape index (κ3) is 5.92. The second-order valence-electron chi connectivity index (χ2n) is 9.09. The van der Waals surface area contributed by atoms with Crippen molar-refractivity contribution >= 4 is 23.4 Å². The minimum absolute atomic E-state index is 0.0327. The average Bonchev–Trinajstić information content (AvgIpc) is 3.60. The van der Waals surface area contributed by atoms with Crippen LogP contribution in [0.3, 0.4) is 0 Å². The number of carbonyl (C=O) groups is 2. The topological polar surface area (TPSA) is 88.3 Å². The monoisotopic (exact) mass is 514 g/mol. The van der Waals surface area contributed by atoms with E-state index in [2.05, 4.69) is 10.3 Å². The summed E-state index contributed by atoms with van der Waals surface area (Å²) in [4.78, 5) is 29.8. The molecule has 6 nitrogen and oxygen atoms in total. The number of halogens is 5. The van der Waals surface area contributed by atoms with Gasteiger partial charge >= 0.3 is 6.18 Å². The summed E-state index contributed by atoms with van der Waals surface area (Å²) in [6.07, 6.45) is -1.77. The highest BCUT2D eigenvalue weighted by atomic mass is 35.5. The predicted molar refractivity (Wildman–Crippen MR) is 123 cm³/mol. The Labute approximate surface area is 205 Å². The molecule has 3 N–H and O–H groups in total. The van der Waals surface area contributed by atoms with Crippen LogP contribution in [0.5, 0.6) is 0 Å². The molecule has 1 saturated carbocycles. The number of primary amides is 1. The number of benzene rings is 1. The van der Waals surface area contributed by atoms with E-state index < -0.39 is 35.1 Å². The molecular formula is C24H27ClF4N4O2. The summed E-state index contributed by atoms with van der Waals surface area (Å²) in [6, 6.07) is 5.51. The molecule has 0 bridgehead atoms. The van der Waals surface area contributed by atoms with Crippen LogP contribution in [0.4, 0.5) is 17.6 Å². The van der Waals surface area contributed by atoms with Gasteiger partial charge in [0.15, 0.2) is 5.82 Å². The number of nitrogens with two attached hydrogens (primary N) is 1. The van der Waals surface area contributed by atoms with Crippen LogP contribution in [0.1, 0.15) is 46.7 Å². The molecule has 1 aromatic carbocycles. The molecule has 190 valence electrons. The highest BCUT2D eigenvalue weighted by molar-refractivity contribution is 6.32. The molecule has 11 heteroatoms. The molecule has 1 aliphatic carbocycles. The Morgan fingerprint density at radius 2 is 1.94 bits per heavy atom. The molecule has 2 aromatic rings. The summed E-state index contributed by atoms with van der Waals surface area (Å²) in [6.45, 7) is 0.0974. The fourth-order valence-corrected chi connectivity index (χ4v) is 4.54. The van der Waals surface area contributed by atoms with Crippen LogP contribution in [0.15, 0.2) is 36.7 Å². The Morgan fingerprint density at radius 3 is 2.46 bits per heavy atom. The van der Waals surface area contributed by atoms with Crippen LogP contribution in [0, 0.1) is 11.2 Å². The third-order valence-corrected chi connectivity index (χ3v) is 7.05. The molecule has 1 aromatic heterocycles. The van der Waals surface area contributed by atoms with E-state index in [0.717, 1.165) is 0 Å². The number of nitrogens with one attached hydrogen (secondary N) is 1. The van der Waals surface area contributed by atoms with Gasteiger partial charge in [-0.25, -0.2) is 4.39 Å². The predicted octanol–water partition coefficient (Wildman–Crippen LogP) is 4.08. The van der Waals surface area contributed by atoms with E-state index in [0.29, 0.717) is 11.1 Å². The van der Waals surface area contributed by atoms with Gasteiger partial charge in [-0.3, -0.25) is 14.6 Å². The van der Waals surface area contributed by atoms with Gasteiger partial charge in [0, 0.05) is 37.3 Å². The largest absolute Gasteiger partial charge is 0.395 e. The van der Waals surface area contributed by atoms with Crippen LogP contribution < -0.4 is 11.1 Å². The Balaban J connectivity index is 1.71. The zero-order chi connectivity index (χ0) is 26.0. The van der Waals surface area contributed by atoms with Crippen LogP contribution in [0.2, 0.25) is 5.02 Å². The molecule has 0 saturated heterocycles. The number of amides is 2. The van der Waals surface area contributed by atoms with E-state index in [1.807, 2.05) is 0 Å². The summed E-state index contributed by atoms with van der Waals surface area (Å²) >= 11 is 6.09. The van der Waals surface area contributed by atoms with Crippen molar-refractivity contribution in [1.82, 2.24) is 15.2 Å². The van der Waals surface area contributed by atoms with E-state index in [9.17, 15) is 27.2 Å². The second kappa shape index (κ2) is 10.5. The molecule has 35 heavy (non-hydrogen) atoms. The number of nitrogens with zero attached hydrogens (tertiary/aromatic N) is 2. The Morgan fingerprint density at radius 1 is 1.26 bits per heavy atom. The molecule has 2 atom stereocenters. The number of pyridine rings is 1. The van der Waals surface area contributed by atoms with Gasteiger partial charge in [-0.05, 0) is 56.6 Å². The molecule has 2 amide bonds. The van der Waals surface area contributed by atoms with E-state index in [-0.39, 0.29) is 48.9 Å². The van der Waals surface area contributed by atoms with Gasteiger partial charge in [0.2, 0.25) is 5.91 Å². The van der Waals surface area contributed by atoms with Crippen LogP contribution in [-0.4, -0.2) is 54.6 Å². The van der Waals surface area contributed by atoms with Crippen molar-refractivity contribution in [2.24, 2.45) is 11.1 Å². The van der Waals surface area contributed by atoms with E-state index in [4.69, 9.17) is 17.3 Å². The van der Waals surface area contributed by atoms with Crippen LogP contribution in [0.25, 0.3) is 0 Å². The van der Waals surface area contributed by atoms with Gasteiger partial charge in [0.1, 0.15) is 0 Å². The zero-order valence-electron chi connectivity index (χ0n) is 19.3. The highest BCUT2D eigenvalue weighted by Crippen LogP contribution is 2.66. The number of aromatic nitrogens is 1. The Bertz CT molecular complexity index is 1080. The van der Waals surface area contributed by atoms with Gasteiger partial charge in [-0.2, -0.15) is 13.2 Å². The lowest BCUT2D eigenvalue weighted by molar-refractivity contribution is -0.194. The van der Waals surface area contributed by atoms with E-state index in [1.54, 1.807) is 31.1 Å². The second-order valence-corrected chi connectivity index (χ2v) is 9.47. The zero-order valence-corrected chi connectivity index (χ0v) is 20.1. The summed E-state index contributed by atoms with van der Waals surface area (Å²) < 4.78 is 56.0. The minimum atomic E-state index is -4.43.